The summed E-state index contributed by atoms with van der Waals surface area (Å²) in [5, 5.41) is 22.7. The third-order valence-electron chi connectivity index (χ3n) is 3.51. The van der Waals surface area contributed by atoms with Crippen molar-refractivity contribution in [1.82, 2.24) is 5.32 Å². The molecule has 16 heavy (non-hydrogen) atoms. The fourth-order valence-electron chi connectivity index (χ4n) is 2.37. The van der Waals surface area contributed by atoms with Crippen LogP contribution in [0.1, 0.15) is 45.4 Å². The highest BCUT2D eigenvalue weighted by Gasteiger charge is 2.26. The van der Waals surface area contributed by atoms with Crippen molar-refractivity contribution in [2.24, 2.45) is 5.92 Å². The summed E-state index contributed by atoms with van der Waals surface area (Å²) in [4.78, 5) is 0. The fourth-order valence-corrected chi connectivity index (χ4v) is 2.37. The number of hydrogen-bond acceptors (Lipinski definition) is 4. The first-order valence-electron chi connectivity index (χ1n) is 6.34. The summed E-state index contributed by atoms with van der Waals surface area (Å²) >= 11 is 0. The molecule has 3 atom stereocenters. The zero-order valence-electron chi connectivity index (χ0n) is 10.4. The molecule has 4 nitrogen and oxygen atoms in total. The standard InChI is InChI=1S/C12H25NO3/c1-3-10(12(15)16-2)13-11(14)9-7-5-4-6-8-9/h9-15H,3-8H2,1-2H3. The molecule has 3 N–H and O–H groups in total. The quantitative estimate of drug-likeness (QED) is 0.601. The Kier molecular flexibility index (Phi) is 6.28. The molecule has 0 saturated heterocycles. The van der Waals surface area contributed by atoms with Gasteiger partial charge in [0.15, 0.2) is 6.29 Å². The molecular formula is C12H25NO3. The number of nitrogens with one attached hydrogen (secondary N) is 1. The third kappa shape index (κ3) is 4.01. The molecule has 3 unspecified atom stereocenters. The molecule has 0 radical (unpaired) electrons. The molecule has 0 aromatic heterocycles. The Bertz CT molecular complexity index is 183. The molecule has 0 amide bonds. The third-order valence-corrected chi connectivity index (χ3v) is 3.51. The van der Waals surface area contributed by atoms with Gasteiger partial charge in [0.05, 0.1) is 6.04 Å². The van der Waals surface area contributed by atoms with Crippen LogP contribution in [-0.2, 0) is 4.74 Å². The lowest BCUT2D eigenvalue weighted by molar-refractivity contribution is -0.111. The first-order valence-corrected chi connectivity index (χ1v) is 6.34. The lowest BCUT2D eigenvalue weighted by Gasteiger charge is -2.31. The van der Waals surface area contributed by atoms with Crippen molar-refractivity contribution in [2.45, 2.75) is 64.0 Å². The number of methoxy groups -OCH3 is 1. The Hall–Kier alpha value is -0.160. The van der Waals surface area contributed by atoms with Crippen molar-refractivity contribution >= 4 is 0 Å². The van der Waals surface area contributed by atoms with Gasteiger partial charge in [-0.1, -0.05) is 26.2 Å². The van der Waals surface area contributed by atoms with Gasteiger partial charge in [0.25, 0.3) is 0 Å². The number of aliphatic hydroxyl groups excluding tert-OH is 2. The van der Waals surface area contributed by atoms with Crippen LogP contribution in [0.25, 0.3) is 0 Å². The van der Waals surface area contributed by atoms with Crippen LogP contribution in [0.2, 0.25) is 0 Å². The van der Waals surface area contributed by atoms with Crippen molar-refractivity contribution in [1.29, 1.82) is 0 Å². The van der Waals surface area contributed by atoms with Gasteiger partial charge in [-0.2, -0.15) is 0 Å². The maximum atomic E-state index is 10.0. The van der Waals surface area contributed by atoms with E-state index in [0.29, 0.717) is 5.92 Å². The summed E-state index contributed by atoms with van der Waals surface area (Å²) in [6.45, 7) is 1.97. The molecule has 0 aromatic rings. The predicted octanol–water partition coefficient (Wildman–Crippen LogP) is 1.22. The van der Waals surface area contributed by atoms with Gasteiger partial charge in [-0.25, -0.2) is 0 Å². The maximum absolute atomic E-state index is 10.0. The lowest BCUT2D eigenvalue weighted by Crippen LogP contribution is -2.49. The summed E-state index contributed by atoms with van der Waals surface area (Å²) < 4.78 is 4.87. The summed E-state index contributed by atoms with van der Waals surface area (Å²) in [6, 6.07) is -0.193. The predicted molar refractivity (Wildman–Crippen MR) is 62.8 cm³/mol. The van der Waals surface area contributed by atoms with Crippen LogP contribution in [0.15, 0.2) is 0 Å². The van der Waals surface area contributed by atoms with Crippen LogP contribution in [-0.4, -0.2) is 35.9 Å². The van der Waals surface area contributed by atoms with Gasteiger partial charge in [0.1, 0.15) is 6.23 Å². The first-order chi connectivity index (χ1) is 7.69. The fraction of sp³-hybridized carbons (Fsp3) is 1.00. The van der Waals surface area contributed by atoms with E-state index in [1.165, 1.54) is 26.4 Å². The molecular weight excluding hydrogens is 206 g/mol. The van der Waals surface area contributed by atoms with Gasteiger partial charge < -0.3 is 14.9 Å². The zero-order valence-corrected chi connectivity index (χ0v) is 10.4. The van der Waals surface area contributed by atoms with E-state index >= 15 is 0 Å². The van der Waals surface area contributed by atoms with Gasteiger partial charge >= 0.3 is 0 Å². The second-order valence-electron chi connectivity index (χ2n) is 4.65. The average Bonchev–Trinajstić information content (AvgIpc) is 2.35. The largest absolute Gasteiger partial charge is 0.378 e. The Morgan fingerprint density at radius 3 is 2.38 bits per heavy atom. The second kappa shape index (κ2) is 7.22. The molecule has 4 heteroatoms. The maximum Gasteiger partial charge on any atom is 0.169 e. The van der Waals surface area contributed by atoms with Crippen molar-refractivity contribution in [3.63, 3.8) is 0 Å². The minimum atomic E-state index is -0.844. The summed E-state index contributed by atoms with van der Waals surface area (Å²) in [5.41, 5.74) is 0. The Morgan fingerprint density at radius 1 is 1.25 bits per heavy atom. The first kappa shape index (κ1) is 13.9. The number of ether oxygens (including phenoxy) is 1. The van der Waals surface area contributed by atoms with Crippen LogP contribution >= 0.6 is 0 Å². The molecule has 1 saturated carbocycles. The van der Waals surface area contributed by atoms with Crippen molar-refractivity contribution in [2.75, 3.05) is 7.11 Å². The Labute approximate surface area is 98.0 Å². The highest BCUT2D eigenvalue weighted by molar-refractivity contribution is 4.76. The summed E-state index contributed by atoms with van der Waals surface area (Å²) in [5.74, 6) is 0.326. The van der Waals surface area contributed by atoms with Gasteiger partial charge in [-0.05, 0) is 25.2 Å². The van der Waals surface area contributed by atoms with Crippen LogP contribution in [0.4, 0.5) is 0 Å². The van der Waals surface area contributed by atoms with Gasteiger partial charge in [-0.3, -0.25) is 5.32 Å². The second-order valence-corrected chi connectivity index (χ2v) is 4.65. The zero-order chi connectivity index (χ0) is 12.0. The van der Waals surface area contributed by atoms with E-state index in [1.54, 1.807) is 0 Å². The van der Waals surface area contributed by atoms with Crippen LogP contribution in [0, 0.1) is 5.92 Å². The molecule has 1 rings (SSSR count). The number of hydrogen-bond donors (Lipinski definition) is 3. The lowest BCUT2D eigenvalue weighted by atomic mass is 9.87. The Balaban J connectivity index is 2.37. The Morgan fingerprint density at radius 2 is 1.88 bits per heavy atom. The van der Waals surface area contributed by atoms with Crippen molar-refractivity contribution < 1.29 is 14.9 Å². The summed E-state index contributed by atoms with van der Waals surface area (Å²) in [6.07, 6.45) is 5.21. The average molecular weight is 231 g/mol. The highest BCUT2D eigenvalue weighted by atomic mass is 16.6. The van der Waals surface area contributed by atoms with E-state index in [4.69, 9.17) is 4.74 Å². The molecule has 0 bridgehead atoms. The van der Waals surface area contributed by atoms with Crippen molar-refractivity contribution in [3.8, 4) is 0 Å². The minimum absolute atomic E-state index is 0.193. The number of aliphatic hydroxyl groups is 2. The van der Waals surface area contributed by atoms with Crippen molar-refractivity contribution in [3.05, 3.63) is 0 Å². The minimum Gasteiger partial charge on any atom is -0.378 e. The topological polar surface area (TPSA) is 61.7 Å². The molecule has 0 aliphatic heterocycles. The normalized spacial score (nSPS) is 24.0. The van der Waals surface area contributed by atoms with E-state index < -0.39 is 12.5 Å². The van der Waals surface area contributed by atoms with E-state index in [9.17, 15) is 10.2 Å². The molecule has 1 aliphatic carbocycles. The van der Waals surface area contributed by atoms with Gasteiger partial charge in [-0.15, -0.1) is 0 Å². The molecule has 0 spiro atoms. The SMILES string of the molecule is CCC(NC(O)C1CCCCC1)C(O)OC. The highest BCUT2D eigenvalue weighted by Crippen LogP contribution is 2.25. The van der Waals surface area contributed by atoms with Gasteiger partial charge in [0.2, 0.25) is 0 Å². The van der Waals surface area contributed by atoms with E-state index in [0.717, 1.165) is 19.3 Å². The smallest absolute Gasteiger partial charge is 0.169 e. The van der Waals surface area contributed by atoms with Crippen LogP contribution in [0.5, 0.6) is 0 Å². The molecule has 0 heterocycles. The van der Waals surface area contributed by atoms with Crippen LogP contribution < -0.4 is 5.32 Å². The van der Waals surface area contributed by atoms with E-state index in [1.807, 2.05) is 6.92 Å². The van der Waals surface area contributed by atoms with Crippen LogP contribution in [0.3, 0.4) is 0 Å². The van der Waals surface area contributed by atoms with Gasteiger partial charge in [0, 0.05) is 7.11 Å². The van der Waals surface area contributed by atoms with E-state index in [2.05, 4.69) is 5.32 Å². The molecule has 1 fully saturated rings. The van der Waals surface area contributed by atoms with E-state index in [-0.39, 0.29) is 6.04 Å². The monoisotopic (exact) mass is 231 g/mol. The number of rotatable bonds is 6. The summed E-state index contributed by atoms with van der Waals surface area (Å²) in [7, 11) is 1.47. The molecule has 96 valence electrons. The molecule has 1 aliphatic rings. The molecule has 0 aromatic carbocycles.